The average Bonchev–Trinajstić information content (AvgIpc) is 3.40. The van der Waals surface area contributed by atoms with Crippen LogP contribution in [0, 0.1) is 18.7 Å². The van der Waals surface area contributed by atoms with Gasteiger partial charge in [-0.1, -0.05) is 31.3 Å². The van der Waals surface area contributed by atoms with Crippen molar-refractivity contribution < 1.29 is 9.18 Å². The van der Waals surface area contributed by atoms with E-state index in [0.29, 0.717) is 12.2 Å². The Hall–Kier alpha value is -2.52. The largest absolute Gasteiger partial charge is 0.356 e. The molecule has 0 unspecified atom stereocenters. The molecule has 3 aromatic rings. The standard InChI is InChI=1S/C24H33FN6OS/c1-4-29(5-2)13-8-12-26-23(32)18-9-7-14-30(16-18)24-27-22-21(33-24)17(3)28-31(22)20-11-6-10-19(25)15-20/h6,10-11,15,18H,4-5,7-9,12-14,16H2,1-3H3,(H,26,32)/t18-/m0/s1. The Kier molecular flexibility index (Phi) is 7.60. The van der Waals surface area contributed by atoms with Crippen molar-refractivity contribution in [3.8, 4) is 5.69 Å². The first-order valence-corrected chi connectivity index (χ1v) is 12.7. The molecule has 1 aromatic carbocycles. The molecule has 0 aliphatic carbocycles. The van der Waals surface area contributed by atoms with Gasteiger partial charge in [0.1, 0.15) is 5.82 Å². The maximum absolute atomic E-state index is 13.8. The molecule has 1 saturated heterocycles. The number of amides is 1. The van der Waals surface area contributed by atoms with Crippen LogP contribution in [0.25, 0.3) is 16.0 Å². The molecule has 1 N–H and O–H groups in total. The molecule has 4 rings (SSSR count). The molecule has 0 spiro atoms. The molecule has 0 bridgehead atoms. The zero-order valence-corrected chi connectivity index (χ0v) is 20.5. The van der Waals surface area contributed by atoms with Gasteiger partial charge in [-0.05, 0) is 64.0 Å². The number of rotatable bonds is 9. The molecule has 0 radical (unpaired) electrons. The number of nitrogens with zero attached hydrogens (tertiary/aromatic N) is 5. The van der Waals surface area contributed by atoms with E-state index in [2.05, 4.69) is 34.1 Å². The average molecular weight is 473 g/mol. The highest BCUT2D eigenvalue weighted by molar-refractivity contribution is 7.22. The summed E-state index contributed by atoms with van der Waals surface area (Å²) < 4.78 is 16.5. The molecular weight excluding hydrogens is 439 g/mol. The van der Waals surface area contributed by atoms with Crippen LogP contribution in [0.5, 0.6) is 0 Å². The van der Waals surface area contributed by atoms with E-state index in [4.69, 9.17) is 4.98 Å². The normalized spacial score (nSPS) is 16.6. The zero-order valence-electron chi connectivity index (χ0n) is 19.7. The molecule has 3 heterocycles. The van der Waals surface area contributed by atoms with Crippen molar-refractivity contribution in [3.05, 3.63) is 35.8 Å². The molecule has 0 saturated carbocycles. The third kappa shape index (κ3) is 5.35. The van der Waals surface area contributed by atoms with Crippen LogP contribution in [0.1, 0.15) is 38.8 Å². The van der Waals surface area contributed by atoms with Crippen LogP contribution >= 0.6 is 11.3 Å². The number of carbonyl (C=O) groups excluding carboxylic acids is 1. The maximum Gasteiger partial charge on any atom is 0.224 e. The first-order valence-electron chi connectivity index (χ1n) is 11.9. The Morgan fingerprint density at radius 2 is 2.15 bits per heavy atom. The fourth-order valence-corrected chi connectivity index (χ4v) is 5.43. The van der Waals surface area contributed by atoms with Gasteiger partial charge in [-0.25, -0.2) is 9.07 Å². The lowest BCUT2D eigenvalue weighted by molar-refractivity contribution is -0.125. The van der Waals surface area contributed by atoms with Crippen LogP contribution in [0.15, 0.2) is 24.3 Å². The van der Waals surface area contributed by atoms with E-state index in [1.54, 1.807) is 22.1 Å². The Bertz CT molecular complexity index is 1090. The Balaban J connectivity index is 1.42. The minimum atomic E-state index is -0.300. The summed E-state index contributed by atoms with van der Waals surface area (Å²) in [5, 5.41) is 8.60. The van der Waals surface area contributed by atoms with Gasteiger partial charge in [0.15, 0.2) is 10.8 Å². The monoisotopic (exact) mass is 472 g/mol. The molecule has 1 aliphatic heterocycles. The highest BCUT2D eigenvalue weighted by Crippen LogP contribution is 2.34. The molecule has 178 valence electrons. The molecule has 1 fully saturated rings. The number of aryl methyl sites for hydroxylation is 1. The van der Waals surface area contributed by atoms with E-state index in [0.717, 1.165) is 73.2 Å². The summed E-state index contributed by atoms with van der Waals surface area (Å²) >= 11 is 1.59. The fraction of sp³-hybridized carbons (Fsp3) is 0.542. The second kappa shape index (κ2) is 10.6. The van der Waals surface area contributed by atoms with Crippen molar-refractivity contribution in [1.29, 1.82) is 0 Å². The number of hydrogen-bond acceptors (Lipinski definition) is 6. The van der Waals surface area contributed by atoms with Crippen LogP contribution in [0.2, 0.25) is 0 Å². The molecule has 7 nitrogen and oxygen atoms in total. The van der Waals surface area contributed by atoms with Crippen molar-refractivity contribution in [2.24, 2.45) is 5.92 Å². The number of anilines is 1. The summed E-state index contributed by atoms with van der Waals surface area (Å²) in [5.41, 5.74) is 2.27. The van der Waals surface area contributed by atoms with Gasteiger partial charge in [0.2, 0.25) is 5.91 Å². The van der Waals surface area contributed by atoms with Gasteiger partial charge in [0, 0.05) is 19.6 Å². The Morgan fingerprint density at radius 3 is 2.91 bits per heavy atom. The van der Waals surface area contributed by atoms with Crippen LogP contribution in [0.4, 0.5) is 9.52 Å². The Labute approximate surface area is 198 Å². The number of aromatic nitrogens is 3. The molecule has 1 aliphatic rings. The van der Waals surface area contributed by atoms with Crippen LogP contribution in [-0.4, -0.2) is 64.8 Å². The molecule has 33 heavy (non-hydrogen) atoms. The van der Waals surface area contributed by atoms with Crippen molar-refractivity contribution in [3.63, 3.8) is 0 Å². The summed E-state index contributed by atoms with van der Waals surface area (Å²) in [6, 6.07) is 6.39. The topological polar surface area (TPSA) is 66.3 Å². The molecule has 9 heteroatoms. The summed E-state index contributed by atoms with van der Waals surface area (Å²) in [6.45, 7) is 11.6. The number of benzene rings is 1. The third-order valence-corrected chi connectivity index (χ3v) is 7.55. The van der Waals surface area contributed by atoms with Gasteiger partial charge in [0.25, 0.3) is 0 Å². The van der Waals surface area contributed by atoms with Crippen LogP contribution < -0.4 is 10.2 Å². The van der Waals surface area contributed by atoms with Gasteiger partial charge in [-0.2, -0.15) is 10.1 Å². The van der Waals surface area contributed by atoms with Gasteiger partial charge >= 0.3 is 0 Å². The Morgan fingerprint density at radius 1 is 1.33 bits per heavy atom. The van der Waals surface area contributed by atoms with E-state index in [1.165, 1.54) is 12.1 Å². The van der Waals surface area contributed by atoms with Crippen molar-refractivity contribution >= 4 is 32.7 Å². The lowest BCUT2D eigenvalue weighted by atomic mass is 9.97. The second-order valence-electron chi connectivity index (χ2n) is 8.58. The van der Waals surface area contributed by atoms with Crippen molar-refractivity contribution in [2.75, 3.05) is 44.2 Å². The summed E-state index contributed by atoms with van der Waals surface area (Å²) in [5.74, 6) is -0.186. The van der Waals surface area contributed by atoms with E-state index >= 15 is 0 Å². The maximum atomic E-state index is 13.8. The second-order valence-corrected chi connectivity index (χ2v) is 9.56. The summed E-state index contributed by atoms with van der Waals surface area (Å²) in [7, 11) is 0. The quantitative estimate of drug-likeness (QED) is 0.477. The highest BCUT2D eigenvalue weighted by atomic mass is 32.1. The number of nitrogens with one attached hydrogen (secondary N) is 1. The molecule has 2 aromatic heterocycles. The van der Waals surface area contributed by atoms with Gasteiger partial charge in [-0.3, -0.25) is 4.79 Å². The van der Waals surface area contributed by atoms with Gasteiger partial charge < -0.3 is 15.1 Å². The van der Waals surface area contributed by atoms with Crippen molar-refractivity contribution in [1.82, 2.24) is 25.0 Å². The lowest BCUT2D eigenvalue weighted by Gasteiger charge is -2.31. The highest BCUT2D eigenvalue weighted by Gasteiger charge is 2.28. The van der Waals surface area contributed by atoms with E-state index in [-0.39, 0.29) is 17.6 Å². The third-order valence-electron chi connectivity index (χ3n) is 6.34. The SMILES string of the molecule is CCN(CC)CCCNC(=O)[C@H]1CCCN(c2nc3c(s2)c(C)nn3-c2cccc(F)c2)C1. The minimum Gasteiger partial charge on any atom is -0.356 e. The number of carbonyl (C=O) groups is 1. The smallest absolute Gasteiger partial charge is 0.224 e. The molecule has 1 amide bonds. The molecule has 1 atom stereocenters. The number of piperidine rings is 1. The molecular formula is C24H33FN6OS. The predicted octanol–water partition coefficient (Wildman–Crippen LogP) is 3.99. The zero-order chi connectivity index (χ0) is 23.4. The number of halogens is 1. The van der Waals surface area contributed by atoms with Crippen LogP contribution in [0.3, 0.4) is 0 Å². The van der Waals surface area contributed by atoms with Crippen molar-refractivity contribution in [2.45, 2.75) is 40.0 Å². The van der Waals surface area contributed by atoms with E-state index in [9.17, 15) is 9.18 Å². The number of thiazole rings is 1. The fourth-order valence-electron chi connectivity index (χ4n) is 4.41. The minimum absolute atomic E-state index is 0.0277. The number of hydrogen-bond donors (Lipinski definition) is 1. The first-order chi connectivity index (χ1) is 16.0. The van der Waals surface area contributed by atoms with Gasteiger partial charge in [-0.15, -0.1) is 0 Å². The lowest BCUT2D eigenvalue weighted by Crippen LogP contribution is -2.43. The van der Waals surface area contributed by atoms with E-state index in [1.807, 2.05) is 13.0 Å². The van der Waals surface area contributed by atoms with Crippen LogP contribution in [-0.2, 0) is 4.79 Å². The van der Waals surface area contributed by atoms with Gasteiger partial charge in [0.05, 0.1) is 22.0 Å². The summed E-state index contributed by atoms with van der Waals surface area (Å²) in [6.07, 6.45) is 2.83. The summed E-state index contributed by atoms with van der Waals surface area (Å²) in [4.78, 5) is 22.2. The first kappa shape index (κ1) is 23.6. The number of fused-ring (bicyclic) bond motifs is 1. The predicted molar refractivity (Wildman–Crippen MR) is 132 cm³/mol. The van der Waals surface area contributed by atoms with E-state index < -0.39 is 0 Å².